The lowest BCUT2D eigenvalue weighted by atomic mass is 10.1. The lowest BCUT2D eigenvalue weighted by Gasteiger charge is -2.08. The number of rotatable bonds is 7. The first-order valence-electron chi connectivity index (χ1n) is 7.51. The molecule has 0 aliphatic heterocycles. The molecule has 2 aromatic carbocycles. The average Bonchev–Trinajstić information content (AvgIpc) is 2.60. The topological polar surface area (TPSA) is 55.4 Å². The minimum atomic E-state index is -0.620. The molecule has 1 amide bonds. The van der Waals surface area contributed by atoms with Crippen molar-refractivity contribution in [2.45, 2.75) is 11.3 Å². The highest BCUT2D eigenvalue weighted by molar-refractivity contribution is 7.98. The van der Waals surface area contributed by atoms with Crippen molar-refractivity contribution in [1.82, 2.24) is 5.32 Å². The molecule has 0 spiro atoms. The second kappa shape index (κ2) is 9.70. The number of carbonyl (C=O) groups excluding carboxylic acids is 2. The van der Waals surface area contributed by atoms with Gasteiger partial charge < -0.3 is 10.1 Å². The van der Waals surface area contributed by atoms with Crippen LogP contribution in [0.5, 0.6) is 0 Å². The summed E-state index contributed by atoms with van der Waals surface area (Å²) in [7, 11) is 0. The third-order valence-corrected chi connectivity index (χ3v) is 4.64. The second-order valence-corrected chi connectivity index (χ2v) is 6.88. The number of esters is 1. The van der Waals surface area contributed by atoms with Crippen LogP contribution in [0.3, 0.4) is 0 Å². The number of thioether (sulfide) groups is 1. The molecule has 0 atom stereocenters. The summed E-state index contributed by atoms with van der Waals surface area (Å²) in [6.07, 6.45) is 2.54. The summed E-state index contributed by atoms with van der Waals surface area (Å²) in [4.78, 5) is 24.7. The van der Waals surface area contributed by atoms with Crippen LogP contribution in [-0.4, -0.2) is 31.3 Å². The normalized spacial score (nSPS) is 10.4. The van der Waals surface area contributed by atoms with Crippen LogP contribution in [-0.2, 0) is 16.0 Å². The van der Waals surface area contributed by atoms with Gasteiger partial charge in [0.1, 0.15) is 0 Å². The first-order chi connectivity index (χ1) is 12.0. The van der Waals surface area contributed by atoms with E-state index in [2.05, 4.69) is 5.32 Å². The van der Waals surface area contributed by atoms with E-state index in [-0.39, 0.29) is 18.1 Å². The highest BCUT2D eigenvalue weighted by Crippen LogP contribution is 2.23. The van der Waals surface area contributed by atoms with Gasteiger partial charge in [0.25, 0.3) is 5.91 Å². The molecule has 0 bridgehead atoms. The van der Waals surface area contributed by atoms with Gasteiger partial charge in [0, 0.05) is 16.5 Å². The van der Waals surface area contributed by atoms with Crippen LogP contribution in [0.15, 0.2) is 47.4 Å². The summed E-state index contributed by atoms with van der Waals surface area (Å²) in [5, 5.41) is 3.65. The van der Waals surface area contributed by atoms with E-state index in [4.69, 9.17) is 27.9 Å². The van der Waals surface area contributed by atoms with Crippen molar-refractivity contribution in [3.05, 3.63) is 63.6 Å². The molecule has 132 valence electrons. The third-order valence-electron chi connectivity index (χ3n) is 3.35. The first-order valence-corrected chi connectivity index (χ1v) is 9.49. The van der Waals surface area contributed by atoms with Gasteiger partial charge in [-0.1, -0.05) is 35.3 Å². The fourth-order valence-electron chi connectivity index (χ4n) is 2.09. The SMILES string of the molecule is CSc1ccc(Cl)c(C(=O)OCC(=O)NCCc2cccc(Cl)c2)c1. The summed E-state index contributed by atoms with van der Waals surface area (Å²) in [5.41, 5.74) is 1.27. The molecule has 0 aliphatic carbocycles. The van der Waals surface area contributed by atoms with Gasteiger partial charge in [0.15, 0.2) is 6.61 Å². The van der Waals surface area contributed by atoms with Crippen molar-refractivity contribution >= 4 is 46.8 Å². The highest BCUT2D eigenvalue weighted by Gasteiger charge is 2.14. The Morgan fingerprint density at radius 2 is 1.96 bits per heavy atom. The van der Waals surface area contributed by atoms with Crippen LogP contribution in [0, 0.1) is 0 Å². The molecule has 2 aromatic rings. The number of carbonyl (C=O) groups is 2. The number of hydrogen-bond donors (Lipinski definition) is 1. The third kappa shape index (κ3) is 6.27. The zero-order valence-electron chi connectivity index (χ0n) is 13.6. The monoisotopic (exact) mass is 397 g/mol. The Morgan fingerprint density at radius 1 is 1.16 bits per heavy atom. The van der Waals surface area contributed by atoms with E-state index >= 15 is 0 Å². The Morgan fingerprint density at radius 3 is 2.68 bits per heavy atom. The van der Waals surface area contributed by atoms with Gasteiger partial charge >= 0.3 is 5.97 Å². The predicted octanol–water partition coefficient (Wildman–Crippen LogP) is 4.23. The van der Waals surface area contributed by atoms with Crippen molar-refractivity contribution in [1.29, 1.82) is 0 Å². The molecule has 0 radical (unpaired) electrons. The van der Waals surface area contributed by atoms with Gasteiger partial charge in [-0.15, -0.1) is 11.8 Å². The maximum atomic E-state index is 12.1. The molecular formula is C18H17Cl2NO3S. The summed E-state index contributed by atoms with van der Waals surface area (Å²) < 4.78 is 5.03. The Bertz CT molecular complexity index is 768. The number of halogens is 2. The van der Waals surface area contributed by atoms with Crippen LogP contribution in [0.1, 0.15) is 15.9 Å². The maximum Gasteiger partial charge on any atom is 0.340 e. The largest absolute Gasteiger partial charge is 0.452 e. The zero-order valence-corrected chi connectivity index (χ0v) is 15.9. The predicted molar refractivity (Wildman–Crippen MR) is 102 cm³/mol. The van der Waals surface area contributed by atoms with E-state index in [0.29, 0.717) is 23.0 Å². The van der Waals surface area contributed by atoms with Crippen LogP contribution in [0.2, 0.25) is 10.0 Å². The molecule has 4 nitrogen and oxygen atoms in total. The van der Waals surface area contributed by atoms with Gasteiger partial charge in [-0.05, 0) is 48.6 Å². The van der Waals surface area contributed by atoms with E-state index in [1.807, 2.05) is 30.5 Å². The summed E-state index contributed by atoms with van der Waals surface area (Å²) in [6, 6.07) is 12.5. The smallest absolute Gasteiger partial charge is 0.340 e. The van der Waals surface area contributed by atoms with Crippen LogP contribution in [0.4, 0.5) is 0 Å². The number of hydrogen-bond acceptors (Lipinski definition) is 4. The first kappa shape index (κ1) is 19.6. The molecule has 0 aliphatic rings. The van der Waals surface area contributed by atoms with E-state index < -0.39 is 5.97 Å². The molecule has 7 heteroatoms. The average molecular weight is 398 g/mol. The summed E-state index contributed by atoms with van der Waals surface area (Å²) in [5.74, 6) is -0.988. The molecule has 1 N–H and O–H groups in total. The quantitative estimate of drug-likeness (QED) is 0.560. The van der Waals surface area contributed by atoms with Gasteiger partial charge in [-0.2, -0.15) is 0 Å². The lowest BCUT2D eigenvalue weighted by molar-refractivity contribution is -0.124. The minimum Gasteiger partial charge on any atom is -0.452 e. The summed E-state index contributed by atoms with van der Waals surface area (Å²) >= 11 is 13.4. The molecule has 0 unspecified atom stereocenters. The van der Waals surface area contributed by atoms with E-state index in [9.17, 15) is 9.59 Å². The van der Waals surface area contributed by atoms with E-state index in [1.165, 1.54) is 11.8 Å². The zero-order chi connectivity index (χ0) is 18.2. The molecule has 0 fully saturated rings. The molecule has 0 saturated carbocycles. The number of benzene rings is 2. The number of amides is 1. The minimum absolute atomic E-state index is 0.250. The van der Waals surface area contributed by atoms with Crippen molar-refractivity contribution in [3.8, 4) is 0 Å². The lowest BCUT2D eigenvalue weighted by Crippen LogP contribution is -2.30. The maximum absolute atomic E-state index is 12.1. The molecule has 0 saturated heterocycles. The highest BCUT2D eigenvalue weighted by atomic mass is 35.5. The molecular weight excluding hydrogens is 381 g/mol. The van der Waals surface area contributed by atoms with Crippen molar-refractivity contribution in [3.63, 3.8) is 0 Å². The van der Waals surface area contributed by atoms with Crippen LogP contribution in [0.25, 0.3) is 0 Å². The van der Waals surface area contributed by atoms with Crippen molar-refractivity contribution < 1.29 is 14.3 Å². The molecule has 0 heterocycles. The Hall–Kier alpha value is -1.69. The molecule has 0 aromatic heterocycles. The van der Waals surface area contributed by atoms with Gasteiger partial charge in [0.2, 0.25) is 0 Å². The number of ether oxygens (including phenoxy) is 1. The Kier molecular flexibility index (Phi) is 7.62. The standard InChI is InChI=1S/C18H17Cl2NO3S/c1-25-14-5-6-16(20)15(10-14)18(23)24-11-17(22)21-8-7-12-3-2-4-13(19)9-12/h2-6,9-10H,7-8,11H2,1H3,(H,21,22). The van der Waals surface area contributed by atoms with Crippen molar-refractivity contribution in [2.75, 3.05) is 19.4 Å². The Balaban J connectivity index is 1.78. The fraction of sp³-hybridized carbons (Fsp3) is 0.222. The van der Waals surface area contributed by atoms with E-state index in [1.54, 1.807) is 18.2 Å². The van der Waals surface area contributed by atoms with Crippen LogP contribution >= 0.6 is 35.0 Å². The molecule has 2 rings (SSSR count). The van der Waals surface area contributed by atoms with Gasteiger partial charge in [-0.25, -0.2) is 4.79 Å². The molecule has 25 heavy (non-hydrogen) atoms. The fourth-order valence-corrected chi connectivity index (χ4v) is 2.93. The van der Waals surface area contributed by atoms with Crippen LogP contribution < -0.4 is 5.32 Å². The second-order valence-electron chi connectivity index (χ2n) is 5.15. The number of nitrogens with one attached hydrogen (secondary N) is 1. The summed E-state index contributed by atoms with van der Waals surface area (Å²) in [6.45, 7) is 0.0770. The van der Waals surface area contributed by atoms with E-state index in [0.717, 1.165) is 10.5 Å². The Labute approximate surface area is 160 Å². The van der Waals surface area contributed by atoms with Gasteiger partial charge in [-0.3, -0.25) is 4.79 Å². The van der Waals surface area contributed by atoms with Crippen molar-refractivity contribution in [2.24, 2.45) is 0 Å². The van der Waals surface area contributed by atoms with Gasteiger partial charge in [0.05, 0.1) is 10.6 Å².